The molecule has 3 aromatic carbocycles. The third-order valence-corrected chi connectivity index (χ3v) is 5.79. The Labute approximate surface area is 198 Å². The molecule has 4 aromatic rings. The van der Waals surface area contributed by atoms with E-state index in [0.717, 1.165) is 33.9 Å². The number of rotatable bonds is 8. The minimum Gasteiger partial charge on any atom is -0.487 e. The van der Waals surface area contributed by atoms with E-state index in [0.29, 0.717) is 25.3 Å². The number of carboxylic acids is 1. The Morgan fingerprint density at radius 3 is 2.41 bits per heavy atom. The molecule has 34 heavy (non-hydrogen) atoms. The molecular formula is C28H24N2O4. The van der Waals surface area contributed by atoms with E-state index in [4.69, 9.17) is 9.47 Å². The Morgan fingerprint density at radius 2 is 1.71 bits per heavy atom. The van der Waals surface area contributed by atoms with Crippen molar-refractivity contribution in [2.24, 2.45) is 0 Å². The van der Waals surface area contributed by atoms with Crippen molar-refractivity contribution in [1.29, 1.82) is 0 Å². The van der Waals surface area contributed by atoms with Crippen molar-refractivity contribution in [2.75, 3.05) is 18.0 Å². The Morgan fingerprint density at radius 1 is 0.912 bits per heavy atom. The van der Waals surface area contributed by atoms with Crippen LogP contribution in [-0.2, 0) is 6.61 Å². The number of ether oxygens (including phenoxy) is 2. The molecule has 0 radical (unpaired) electrons. The van der Waals surface area contributed by atoms with E-state index < -0.39 is 5.97 Å². The van der Waals surface area contributed by atoms with Crippen LogP contribution < -0.4 is 14.4 Å². The van der Waals surface area contributed by atoms with Gasteiger partial charge in [0.05, 0.1) is 24.8 Å². The third-order valence-electron chi connectivity index (χ3n) is 5.79. The van der Waals surface area contributed by atoms with Gasteiger partial charge in [-0.15, -0.1) is 0 Å². The van der Waals surface area contributed by atoms with Gasteiger partial charge in [-0.1, -0.05) is 48.5 Å². The summed E-state index contributed by atoms with van der Waals surface area (Å²) >= 11 is 0. The zero-order chi connectivity index (χ0) is 23.3. The second-order valence-electron chi connectivity index (χ2n) is 8.14. The highest BCUT2D eigenvalue weighted by Gasteiger charge is 2.31. The molecule has 2 heterocycles. The molecule has 6 heteroatoms. The molecule has 0 aliphatic carbocycles. The Kier molecular flexibility index (Phi) is 6.12. The molecule has 6 nitrogen and oxygen atoms in total. The van der Waals surface area contributed by atoms with E-state index in [1.54, 1.807) is 24.5 Å². The number of hydrogen-bond donors (Lipinski definition) is 1. The van der Waals surface area contributed by atoms with Crippen molar-refractivity contribution in [2.45, 2.75) is 12.7 Å². The SMILES string of the molecule is O=C(O)c1cccc(N2CC(Oc3ccc(COc4cccnc4)cc3)C2)c1-c1ccccc1. The Hall–Kier alpha value is -4.32. The van der Waals surface area contributed by atoms with Crippen molar-refractivity contribution in [1.82, 2.24) is 4.98 Å². The largest absolute Gasteiger partial charge is 0.487 e. The van der Waals surface area contributed by atoms with Gasteiger partial charge in [0, 0.05) is 17.4 Å². The summed E-state index contributed by atoms with van der Waals surface area (Å²) < 4.78 is 11.9. The highest BCUT2D eigenvalue weighted by Crippen LogP contribution is 2.37. The maximum atomic E-state index is 11.9. The van der Waals surface area contributed by atoms with Gasteiger partial charge < -0.3 is 19.5 Å². The third kappa shape index (κ3) is 4.71. The van der Waals surface area contributed by atoms with Gasteiger partial charge in [-0.3, -0.25) is 4.98 Å². The van der Waals surface area contributed by atoms with Crippen LogP contribution in [0, 0.1) is 0 Å². The highest BCUT2D eigenvalue weighted by atomic mass is 16.5. The lowest BCUT2D eigenvalue weighted by atomic mass is 9.95. The maximum Gasteiger partial charge on any atom is 0.336 e. The van der Waals surface area contributed by atoms with Crippen molar-refractivity contribution in [3.05, 3.63) is 108 Å². The number of carboxylic acid groups (broad SMARTS) is 1. The monoisotopic (exact) mass is 452 g/mol. The van der Waals surface area contributed by atoms with Gasteiger partial charge in [0.2, 0.25) is 0 Å². The minimum absolute atomic E-state index is 0.0367. The summed E-state index contributed by atoms with van der Waals surface area (Å²) in [4.78, 5) is 18.1. The second kappa shape index (κ2) is 9.67. The molecular weight excluding hydrogens is 428 g/mol. The van der Waals surface area contributed by atoms with Gasteiger partial charge in [0.1, 0.15) is 24.2 Å². The molecule has 0 saturated carbocycles. The molecule has 1 aromatic heterocycles. The van der Waals surface area contributed by atoms with Crippen molar-refractivity contribution >= 4 is 11.7 Å². The molecule has 0 atom stereocenters. The summed E-state index contributed by atoms with van der Waals surface area (Å²) in [5.74, 6) is 0.609. The van der Waals surface area contributed by atoms with E-state index in [-0.39, 0.29) is 6.10 Å². The first-order chi connectivity index (χ1) is 16.7. The van der Waals surface area contributed by atoms with Crippen molar-refractivity contribution in [3.8, 4) is 22.6 Å². The molecule has 0 bridgehead atoms. The van der Waals surface area contributed by atoms with Crippen LogP contribution in [0.4, 0.5) is 5.69 Å². The predicted octanol–water partition coefficient (Wildman–Crippen LogP) is 5.29. The van der Waals surface area contributed by atoms with Crippen LogP contribution in [0.15, 0.2) is 97.3 Å². The summed E-state index contributed by atoms with van der Waals surface area (Å²) in [6.07, 6.45) is 3.44. The summed E-state index contributed by atoms with van der Waals surface area (Å²) in [5.41, 5.74) is 3.89. The number of hydrogen-bond acceptors (Lipinski definition) is 5. The Balaban J connectivity index is 1.22. The van der Waals surface area contributed by atoms with Gasteiger partial charge in [-0.25, -0.2) is 4.79 Å². The molecule has 0 unspecified atom stereocenters. The number of aromatic carboxylic acids is 1. The zero-order valence-corrected chi connectivity index (χ0v) is 18.5. The van der Waals surface area contributed by atoms with E-state index in [1.807, 2.05) is 72.8 Å². The van der Waals surface area contributed by atoms with Crippen LogP contribution in [0.2, 0.25) is 0 Å². The van der Waals surface area contributed by atoms with E-state index in [9.17, 15) is 9.90 Å². The fourth-order valence-electron chi connectivity index (χ4n) is 4.06. The van der Waals surface area contributed by atoms with Crippen LogP contribution in [0.25, 0.3) is 11.1 Å². The smallest absolute Gasteiger partial charge is 0.336 e. The number of nitrogens with zero attached hydrogens (tertiary/aromatic N) is 2. The maximum absolute atomic E-state index is 11.9. The van der Waals surface area contributed by atoms with Gasteiger partial charge in [0.25, 0.3) is 0 Å². The van der Waals surface area contributed by atoms with E-state index in [2.05, 4.69) is 9.88 Å². The molecule has 1 saturated heterocycles. The molecule has 170 valence electrons. The summed E-state index contributed by atoms with van der Waals surface area (Å²) in [5, 5.41) is 9.74. The molecule has 5 rings (SSSR count). The van der Waals surface area contributed by atoms with Crippen LogP contribution in [0.3, 0.4) is 0 Å². The van der Waals surface area contributed by atoms with Crippen LogP contribution in [-0.4, -0.2) is 35.3 Å². The normalized spacial score (nSPS) is 13.2. The number of carbonyl (C=O) groups is 1. The van der Waals surface area contributed by atoms with Gasteiger partial charge in [-0.2, -0.15) is 0 Å². The van der Waals surface area contributed by atoms with Crippen molar-refractivity contribution < 1.29 is 19.4 Å². The lowest BCUT2D eigenvalue weighted by Crippen LogP contribution is -2.54. The number of benzene rings is 3. The minimum atomic E-state index is -0.929. The number of pyridine rings is 1. The quantitative estimate of drug-likeness (QED) is 0.392. The first kappa shape index (κ1) is 21.5. The first-order valence-electron chi connectivity index (χ1n) is 11.1. The van der Waals surface area contributed by atoms with E-state index in [1.165, 1.54) is 0 Å². The molecule has 1 aliphatic heterocycles. The summed E-state index contributed by atoms with van der Waals surface area (Å²) in [7, 11) is 0. The first-order valence-corrected chi connectivity index (χ1v) is 11.1. The van der Waals surface area contributed by atoms with Gasteiger partial charge in [-0.05, 0) is 47.5 Å². The molecule has 0 amide bonds. The van der Waals surface area contributed by atoms with Crippen LogP contribution in [0.5, 0.6) is 11.5 Å². The second-order valence-corrected chi connectivity index (χ2v) is 8.14. The lowest BCUT2D eigenvalue weighted by Gasteiger charge is -2.41. The standard InChI is InChI=1S/C28H24N2O4/c31-28(32)25-9-4-10-26(27(25)21-6-2-1-3-7-21)30-17-24(18-30)34-22-13-11-20(12-14-22)19-33-23-8-5-15-29-16-23/h1-16,24H,17-19H2,(H,31,32). The topological polar surface area (TPSA) is 71.9 Å². The average molecular weight is 453 g/mol. The van der Waals surface area contributed by atoms with Crippen LogP contribution >= 0.6 is 0 Å². The molecule has 1 N–H and O–H groups in total. The average Bonchev–Trinajstić information content (AvgIpc) is 2.86. The molecule has 1 aliphatic rings. The molecule has 1 fully saturated rings. The summed E-state index contributed by atoms with van der Waals surface area (Å²) in [6.45, 7) is 1.84. The fourth-order valence-corrected chi connectivity index (χ4v) is 4.06. The van der Waals surface area contributed by atoms with E-state index >= 15 is 0 Å². The van der Waals surface area contributed by atoms with Gasteiger partial charge >= 0.3 is 5.97 Å². The van der Waals surface area contributed by atoms with Crippen LogP contribution in [0.1, 0.15) is 15.9 Å². The predicted molar refractivity (Wildman–Crippen MR) is 130 cm³/mol. The van der Waals surface area contributed by atoms with Crippen molar-refractivity contribution in [3.63, 3.8) is 0 Å². The number of aromatic nitrogens is 1. The zero-order valence-electron chi connectivity index (χ0n) is 18.5. The highest BCUT2D eigenvalue weighted by molar-refractivity contribution is 6.00. The fraction of sp³-hybridized carbons (Fsp3) is 0.143. The number of anilines is 1. The van der Waals surface area contributed by atoms with Gasteiger partial charge in [0.15, 0.2) is 0 Å². The summed E-state index contributed by atoms with van der Waals surface area (Å²) in [6, 6.07) is 26.7. The molecule has 0 spiro atoms. The lowest BCUT2D eigenvalue weighted by molar-refractivity contribution is 0.0697. The Bertz CT molecular complexity index is 1250.